The monoisotopic (exact) mass is 512 g/mol. The van der Waals surface area contributed by atoms with Gasteiger partial charge < -0.3 is 15.1 Å². The summed E-state index contributed by atoms with van der Waals surface area (Å²) in [6.07, 6.45) is 6.19. The highest BCUT2D eigenvalue weighted by Gasteiger charge is 2.38. The first-order valence-electron chi connectivity index (χ1n) is 13.0. The number of sulfone groups is 1. The lowest BCUT2D eigenvalue weighted by Crippen LogP contribution is -2.62. The number of benzene rings is 1. The van der Waals surface area contributed by atoms with Crippen molar-refractivity contribution < 1.29 is 13.2 Å². The number of nitrogens with one attached hydrogen (secondary N) is 1. The number of amides is 2. The molecule has 0 radical (unpaired) electrons. The molecule has 1 N–H and O–H groups in total. The Balaban J connectivity index is 1.13. The number of carbonyl (C=O) groups is 1. The molecular weight excluding hydrogens is 476 g/mol. The Morgan fingerprint density at radius 1 is 0.972 bits per heavy atom. The lowest BCUT2D eigenvalue weighted by atomic mass is 10.0. The molecule has 9 nitrogen and oxygen atoms in total. The smallest absolute Gasteiger partial charge is 0.318 e. The van der Waals surface area contributed by atoms with Gasteiger partial charge in [-0.15, -0.1) is 0 Å². The van der Waals surface area contributed by atoms with Crippen LogP contribution in [0, 0.1) is 0 Å². The highest BCUT2D eigenvalue weighted by Crippen LogP contribution is 2.33. The van der Waals surface area contributed by atoms with E-state index in [1.54, 1.807) is 0 Å². The number of rotatable bonds is 6. The molecule has 1 aliphatic carbocycles. The van der Waals surface area contributed by atoms with Gasteiger partial charge in [0.15, 0.2) is 9.84 Å². The Bertz CT molecular complexity index is 1140. The van der Waals surface area contributed by atoms with E-state index in [9.17, 15) is 13.2 Å². The third-order valence-electron chi connectivity index (χ3n) is 7.51. The zero-order valence-electron chi connectivity index (χ0n) is 21.1. The van der Waals surface area contributed by atoms with E-state index in [0.29, 0.717) is 19.0 Å². The van der Waals surface area contributed by atoms with Crippen LogP contribution >= 0.6 is 0 Å². The first-order chi connectivity index (χ1) is 17.3. The van der Waals surface area contributed by atoms with Crippen LogP contribution in [-0.2, 0) is 16.4 Å². The number of carbonyl (C=O) groups excluding carboxylic acids is 1. The SMILES string of the molecule is C[C@@H]1CN(c2ncc(S(=O)(=O)C3CC3)cn2)C[C@H](C)N1C(=O)NC1CCN(Cc2ccccc2)CC1. The molecule has 1 aromatic carbocycles. The minimum Gasteiger partial charge on any atom is -0.337 e. The summed E-state index contributed by atoms with van der Waals surface area (Å²) < 4.78 is 24.8. The molecule has 2 aromatic rings. The number of hydrogen-bond acceptors (Lipinski definition) is 7. The number of aromatic nitrogens is 2. The average molecular weight is 513 g/mol. The molecule has 10 heteroatoms. The number of nitrogens with zero attached hydrogens (tertiary/aromatic N) is 5. The second-order valence-electron chi connectivity index (χ2n) is 10.5. The molecule has 0 bridgehead atoms. The molecule has 2 aliphatic heterocycles. The molecule has 1 saturated carbocycles. The maximum atomic E-state index is 13.2. The van der Waals surface area contributed by atoms with Gasteiger partial charge in [-0.25, -0.2) is 23.2 Å². The normalized spacial score (nSPS) is 24.1. The number of piperidine rings is 1. The van der Waals surface area contributed by atoms with E-state index in [1.807, 2.05) is 29.7 Å². The minimum atomic E-state index is -3.30. The van der Waals surface area contributed by atoms with Gasteiger partial charge in [-0.1, -0.05) is 30.3 Å². The maximum Gasteiger partial charge on any atom is 0.318 e. The van der Waals surface area contributed by atoms with Crippen LogP contribution in [0.2, 0.25) is 0 Å². The lowest BCUT2D eigenvalue weighted by molar-refractivity contribution is 0.130. The van der Waals surface area contributed by atoms with Crippen LogP contribution in [0.5, 0.6) is 0 Å². The standard InChI is InChI=1S/C26H36N6O3S/c1-19-16-31(25-27-14-24(15-28-25)36(34,35)23-8-9-23)17-20(2)32(19)26(33)29-22-10-12-30(13-11-22)18-21-6-4-3-5-7-21/h3-7,14-15,19-20,22-23H,8-13,16-18H2,1-2H3,(H,29,33)/t19-,20+. The molecule has 2 amide bonds. The molecule has 3 heterocycles. The summed E-state index contributed by atoms with van der Waals surface area (Å²) in [6.45, 7) is 8.18. The van der Waals surface area contributed by atoms with E-state index in [4.69, 9.17) is 0 Å². The van der Waals surface area contributed by atoms with Gasteiger partial charge in [0, 0.05) is 50.8 Å². The molecule has 5 rings (SSSR count). The zero-order chi connectivity index (χ0) is 25.3. The molecular formula is C26H36N6O3S. The molecule has 194 valence electrons. The second-order valence-corrected chi connectivity index (χ2v) is 12.7. The highest BCUT2D eigenvalue weighted by molar-refractivity contribution is 7.92. The van der Waals surface area contributed by atoms with E-state index in [2.05, 4.69) is 44.5 Å². The average Bonchev–Trinajstić information content (AvgIpc) is 3.72. The Morgan fingerprint density at radius 3 is 2.17 bits per heavy atom. The summed E-state index contributed by atoms with van der Waals surface area (Å²) in [5, 5.41) is 3.00. The van der Waals surface area contributed by atoms with Crippen molar-refractivity contribution in [3.05, 3.63) is 48.3 Å². The summed E-state index contributed by atoms with van der Waals surface area (Å²) in [7, 11) is -3.30. The fraction of sp³-hybridized carbons (Fsp3) is 0.577. The van der Waals surface area contributed by atoms with Gasteiger partial charge >= 0.3 is 6.03 Å². The molecule has 36 heavy (non-hydrogen) atoms. The Morgan fingerprint density at radius 2 is 1.58 bits per heavy atom. The highest BCUT2D eigenvalue weighted by atomic mass is 32.2. The maximum absolute atomic E-state index is 13.2. The van der Waals surface area contributed by atoms with Crippen LogP contribution in [0.25, 0.3) is 0 Å². The van der Waals surface area contributed by atoms with Crippen LogP contribution < -0.4 is 10.2 Å². The van der Waals surface area contributed by atoms with Crippen molar-refractivity contribution in [1.82, 2.24) is 25.1 Å². The van der Waals surface area contributed by atoms with E-state index in [1.165, 1.54) is 18.0 Å². The van der Waals surface area contributed by atoms with Crippen LogP contribution in [0.3, 0.4) is 0 Å². The molecule has 0 unspecified atom stereocenters. The Labute approximate surface area is 213 Å². The fourth-order valence-electron chi connectivity index (χ4n) is 5.40. The molecule has 0 spiro atoms. The van der Waals surface area contributed by atoms with Gasteiger partial charge in [-0.2, -0.15) is 0 Å². The largest absolute Gasteiger partial charge is 0.337 e. The van der Waals surface area contributed by atoms with Crippen molar-refractivity contribution in [2.24, 2.45) is 0 Å². The van der Waals surface area contributed by atoms with Crippen molar-refractivity contribution in [3.63, 3.8) is 0 Å². The topological polar surface area (TPSA) is 98.7 Å². The van der Waals surface area contributed by atoms with Gasteiger partial charge in [-0.05, 0) is 45.1 Å². The van der Waals surface area contributed by atoms with Crippen molar-refractivity contribution in [3.8, 4) is 0 Å². The van der Waals surface area contributed by atoms with Crippen molar-refractivity contribution >= 4 is 21.8 Å². The predicted octanol–water partition coefficient (Wildman–Crippen LogP) is 2.69. The molecule has 2 saturated heterocycles. The Hall–Kier alpha value is -2.72. The first-order valence-corrected chi connectivity index (χ1v) is 14.5. The van der Waals surface area contributed by atoms with Crippen molar-refractivity contribution in [1.29, 1.82) is 0 Å². The number of urea groups is 1. The van der Waals surface area contributed by atoms with Crippen LogP contribution in [0.4, 0.5) is 10.7 Å². The van der Waals surface area contributed by atoms with E-state index in [-0.39, 0.29) is 34.3 Å². The van der Waals surface area contributed by atoms with Crippen LogP contribution in [-0.4, -0.2) is 83.8 Å². The Kier molecular flexibility index (Phi) is 7.16. The zero-order valence-corrected chi connectivity index (χ0v) is 21.9. The number of piperazine rings is 1. The number of anilines is 1. The van der Waals surface area contributed by atoms with Crippen molar-refractivity contribution in [2.45, 2.75) is 74.3 Å². The molecule has 1 aromatic heterocycles. The second kappa shape index (κ2) is 10.3. The van der Waals surface area contributed by atoms with Gasteiger partial charge in [0.25, 0.3) is 0 Å². The summed E-state index contributed by atoms with van der Waals surface area (Å²) in [5.74, 6) is 0.509. The summed E-state index contributed by atoms with van der Waals surface area (Å²) in [6, 6.07) is 10.6. The van der Waals surface area contributed by atoms with E-state index >= 15 is 0 Å². The predicted molar refractivity (Wildman–Crippen MR) is 138 cm³/mol. The molecule has 3 aliphatic rings. The van der Waals surface area contributed by atoms with Gasteiger partial charge in [-0.3, -0.25) is 4.90 Å². The first kappa shape index (κ1) is 25.0. The van der Waals surface area contributed by atoms with E-state index in [0.717, 1.165) is 45.3 Å². The van der Waals surface area contributed by atoms with Gasteiger partial charge in [0.2, 0.25) is 5.95 Å². The summed E-state index contributed by atoms with van der Waals surface area (Å²) in [4.78, 5) is 28.5. The molecule has 3 fully saturated rings. The van der Waals surface area contributed by atoms with Crippen molar-refractivity contribution in [2.75, 3.05) is 31.1 Å². The van der Waals surface area contributed by atoms with Gasteiger partial charge in [0.05, 0.1) is 17.6 Å². The quantitative estimate of drug-likeness (QED) is 0.635. The minimum absolute atomic E-state index is 0.0112. The summed E-state index contributed by atoms with van der Waals surface area (Å²) >= 11 is 0. The third-order valence-corrected chi connectivity index (χ3v) is 9.72. The van der Waals surface area contributed by atoms with Crippen LogP contribution in [0.1, 0.15) is 45.1 Å². The fourth-order valence-corrected chi connectivity index (χ4v) is 6.94. The number of hydrogen-bond donors (Lipinski definition) is 1. The van der Waals surface area contributed by atoms with Crippen LogP contribution in [0.15, 0.2) is 47.6 Å². The summed E-state index contributed by atoms with van der Waals surface area (Å²) in [5.41, 5.74) is 1.32. The number of likely N-dealkylation sites (tertiary alicyclic amines) is 1. The molecule has 2 atom stereocenters. The third kappa shape index (κ3) is 5.49. The van der Waals surface area contributed by atoms with Gasteiger partial charge in [0.1, 0.15) is 4.90 Å². The van der Waals surface area contributed by atoms with E-state index < -0.39 is 9.84 Å². The lowest BCUT2D eigenvalue weighted by Gasteiger charge is -2.45.